The maximum absolute atomic E-state index is 13.7. The Balaban J connectivity index is 1.79. The summed E-state index contributed by atoms with van der Waals surface area (Å²) in [4.78, 5) is 34.6. The highest BCUT2D eigenvalue weighted by Crippen LogP contribution is 2.44. The first-order valence-electron chi connectivity index (χ1n) is 10.7. The first kappa shape index (κ1) is 22.6. The van der Waals surface area contributed by atoms with Crippen molar-refractivity contribution in [2.45, 2.75) is 26.8 Å². The molecule has 1 atom stereocenters. The molecular weight excluding hydrogens is 520 g/mol. The predicted octanol–water partition coefficient (Wildman–Crippen LogP) is 5.79. The summed E-state index contributed by atoms with van der Waals surface area (Å²) in [5, 5.41) is 0.908. The van der Waals surface area contributed by atoms with Crippen LogP contribution < -0.4 is 19.8 Å². The van der Waals surface area contributed by atoms with Crippen molar-refractivity contribution in [1.82, 2.24) is 4.98 Å². The molecule has 5 rings (SSSR count). The molecule has 7 nitrogen and oxygen atoms in total. The number of hydrogen-bond donors (Lipinski definition) is 0. The van der Waals surface area contributed by atoms with E-state index < -0.39 is 11.9 Å². The fraction of sp³-hybridized carbons (Fsp3) is 0.240. The highest BCUT2D eigenvalue weighted by Gasteiger charge is 2.45. The molecule has 0 unspecified atom stereocenters. The lowest BCUT2D eigenvalue weighted by atomic mass is 9.98. The van der Waals surface area contributed by atoms with Crippen LogP contribution in [-0.4, -0.2) is 24.6 Å². The number of hydrogen-bond acceptors (Lipinski definition) is 7. The minimum absolute atomic E-state index is 0.0307. The molecular formula is C25H21BrN2O5S. The van der Waals surface area contributed by atoms with E-state index in [1.807, 2.05) is 26.8 Å². The predicted molar refractivity (Wildman–Crippen MR) is 135 cm³/mol. The molecule has 4 aromatic rings. The Morgan fingerprint density at radius 1 is 1.15 bits per heavy atom. The highest BCUT2D eigenvalue weighted by molar-refractivity contribution is 9.10. The fourth-order valence-electron chi connectivity index (χ4n) is 4.15. The quantitative estimate of drug-likeness (QED) is 0.318. The number of rotatable bonds is 5. The maximum atomic E-state index is 13.7. The topological polar surface area (TPSA) is 81.9 Å². The minimum atomic E-state index is -0.725. The third-order valence-corrected chi connectivity index (χ3v) is 7.42. The van der Waals surface area contributed by atoms with Crippen molar-refractivity contribution >= 4 is 49.3 Å². The van der Waals surface area contributed by atoms with Gasteiger partial charge in [-0.05, 0) is 56.7 Å². The van der Waals surface area contributed by atoms with Crippen LogP contribution in [-0.2, 0) is 0 Å². The molecule has 1 aliphatic rings. The van der Waals surface area contributed by atoms with E-state index in [1.54, 1.807) is 42.3 Å². The van der Waals surface area contributed by atoms with Crippen LogP contribution >= 0.6 is 27.3 Å². The summed E-state index contributed by atoms with van der Waals surface area (Å²) in [6, 6.07) is 9.87. The fourth-order valence-corrected chi connectivity index (χ4v) is 5.44. The number of carbonyl (C=O) groups excluding carboxylic acids is 1. The average molecular weight is 541 g/mol. The first-order chi connectivity index (χ1) is 16.3. The van der Waals surface area contributed by atoms with Crippen LogP contribution in [0.4, 0.5) is 5.13 Å². The number of fused-ring (bicyclic) bond motifs is 2. The second-order valence-corrected chi connectivity index (χ2v) is 9.97. The number of thiazole rings is 1. The number of methoxy groups -OCH3 is 1. The molecule has 9 heteroatoms. The maximum Gasteiger partial charge on any atom is 0.297 e. The van der Waals surface area contributed by atoms with Gasteiger partial charge in [0.05, 0.1) is 36.4 Å². The molecule has 0 aliphatic carbocycles. The summed E-state index contributed by atoms with van der Waals surface area (Å²) in [7, 11) is 1.56. The van der Waals surface area contributed by atoms with Crippen LogP contribution in [0.15, 0.2) is 50.1 Å². The number of anilines is 1. The van der Waals surface area contributed by atoms with Gasteiger partial charge in [0.25, 0.3) is 5.91 Å². The van der Waals surface area contributed by atoms with Gasteiger partial charge in [-0.3, -0.25) is 14.5 Å². The van der Waals surface area contributed by atoms with Crippen LogP contribution in [0.2, 0.25) is 0 Å². The van der Waals surface area contributed by atoms with Gasteiger partial charge in [-0.15, -0.1) is 11.3 Å². The van der Waals surface area contributed by atoms with Crippen molar-refractivity contribution in [3.63, 3.8) is 0 Å². The molecule has 3 heterocycles. The Kier molecular flexibility index (Phi) is 5.69. The first-order valence-corrected chi connectivity index (χ1v) is 12.3. The molecule has 2 aromatic heterocycles. The second kappa shape index (κ2) is 8.56. The zero-order chi connectivity index (χ0) is 24.1. The summed E-state index contributed by atoms with van der Waals surface area (Å²) in [5.41, 5.74) is 1.92. The third kappa shape index (κ3) is 3.50. The van der Waals surface area contributed by atoms with Crippen LogP contribution in [0.1, 0.15) is 45.2 Å². The van der Waals surface area contributed by atoms with Crippen molar-refractivity contribution in [3.8, 4) is 11.5 Å². The van der Waals surface area contributed by atoms with Crippen LogP contribution in [0.3, 0.4) is 0 Å². The van der Waals surface area contributed by atoms with E-state index in [2.05, 4.69) is 20.9 Å². The normalized spacial score (nSPS) is 15.1. The molecule has 0 bridgehead atoms. The minimum Gasteiger partial charge on any atom is -0.493 e. The van der Waals surface area contributed by atoms with Crippen molar-refractivity contribution < 1.29 is 18.7 Å². The molecule has 2 aromatic carbocycles. The van der Waals surface area contributed by atoms with E-state index in [4.69, 9.17) is 13.9 Å². The lowest BCUT2D eigenvalue weighted by molar-refractivity contribution is 0.0971. The monoisotopic (exact) mass is 540 g/mol. The second-order valence-electron chi connectivity index (χ2n) is 7.87. The Morgan fingerprint density at radius 2 is 1.94 bits per heavy atom. The average Bonchev–Trinajstić information content (AvgIpc) is 3.30. The van der Waals surface area contributed by atoms with Gasteiger partial charge in [-0.25, -0.2) is 4.98 Å². The van der Waals surface area contributed by atoms with Gasteiger partial charge in [-0.2, -0.15) is 0 Å². The van der Waals surface area contributed by atoms with Gasteiger partial charge < -0.3 is 13.9 Å². The smallest absolute Gasteiger partial charge is 0.297 e. The van der Waals surface area contributed by atoms with Crippen molar-refractivity contribution in [2.75, 3.05) is 18.6 Å². The van der Waals surface area contributed by atoms with E-state index in [0.29, 0.717) is 39.8 Å². The molecule has 0 radical (unpaired) electrons. The number of carbonyl (C=O) groups is 1. The van der Waals surface area contributed by atoms with E-state index in [-0.39, 0.29) is 16.8 Å². The summed E-state index contributed by atoms with van der Waals surface area (Å²) in [6.07, 6.45) is 0. The number of ether oxygens (including phenoxy) is 2. The largest absolute Gasteiger partial charge is 0.493 e. The SMILES string of the molecule is CCOc1ccc([C@@H]2c3c(oc4ccc(Br)cc4c3=O)C(=O)N2c2nc(C)c(C)s2)cc1OC. The Morgan fingerprint density at radius 3 is 2.62 bits per heavy atom. The molecule has 0 saturated carbocycles. The number of benzene rings is 2. The van der Waals surface area contributed by atoms with Crippen LogP contribution in [0, 0.1) is 13.8 Å². The van der Waals surface area contributed by atoms with Gasteiger partial charge in [0.15, 0.2) is 22.1 Å². The standard InChI is InChI=1S/C25H21BrN2O5S/c1-5-32-18-8-6-14(10-19(18)31-4)21-20-22(29)16-11-15(26)7-9-17(16)33-23(20)24(30)28(21)25-27-12(2)13(3)34-25/h6-11,21H,5H2,1-4H3/t21-/m1/s1. The molecule has 0 saturated heterocycles. The number of aryl methyl sites for hydroxylation is 2. The Hall–Kier alpha value is -3.17. The lowest BCUT2D eigenvalue weighted by Crippen LogP contribution is -2.29. The molecule has 1 amide bonds. The number of amides is 1. The zero-order valence-electron chi connectivity index (χ0n) is 19.0. The molecule has 0 spiro atoms. The van der Waals surface area contributed by atoms with Crippen LogP contribution in [0.25, 0.3) is 11.0 Å². The van der Waals surface area contributed by atoms with Gasteiger partial charge in [0.2, 0.25) is 5.76 Å². The van der Waals surface area contributed by atoms with Crippen molar-refractivity contribution in [1.29, 1.82) is 0 Å². The van der Waals surface area contributed by atoms with Crippen molar-refractivity contribution in [3.05, 3.63) is 78.6 Å². The van der Waals surface area contributed by atoms with E-state index in [9.17, 15) is 9.59 Å². The number of aromatic nitrogens is 1. The highest BCUT2D eigenvalue weighted by atomic mass is 79.9. The lowest BCUT2D eigenvalue weighted by Gasteiger charge is -2.23. The molecule has 1 aliphatic heterocycles. The molecule has 34 heavy (non-hydrogen) atoms. The summed E-state index contributed by atoms with van der Waals surface area (Å²) < 4.78 is 18.0. The zero-order valence-corrected chi connectivity index (χ0v) is 21.4. The van der Waals surface area contributed by atoms with Gasteiger partial charge in [-0.1, -0.05) is 22.0 Å². The summed E-state index contributed by atoms with van der Waals surface area (Å²) in [6.45, 7) is 6.22. The Bertz CT molecular complexity index is 1490. The van der Waals surface area contributed by atoms with Crippen molar-refractivity contribution in [2.24, 2.45) is 0 Å². The summed E-state index contributed by atoms with van der Waals surface area (Å²) >= 11 is 4.83. The van der Waals surface area contributed by atoms with E-state index >= 15 is 0 Å². The number of nitrogens with zero attached hydrogens (tertiary/aromatic N) is 2. The molecule has 0 fully saturated rings. The number of halogens is 1. The van der Waals surface area contributed by atoms with Gasteiger partial charge in [0, 0.05) is 9.35 Å². The van der Waals surface area contributed by atoms with Gasteiger partial charge >= 0.3 is 0 Å². The van der Waals surface area contributed by atoms with E-state index in [0.717, 1.165) is 15.0 Å². The molecule has 0 N–H and O–H groups in total. The Labute approximate surface area is 208 Å². The summed E-state index contributed by atoms with van der Waals surface area (Å²) in [5.74, 6) is 0.728. The van der Waals surface area contributed by atoms with E-state index in [1.165, 1.54) is 11.3 Å². The third-order valence-electron chi connectivity index (χ3n) is 5.86. The molecule has 174 valence electrons. The van der Waals surface area contributed by atoms with Gasteiger partial charge in [0.1, 0.15) is 5.58 Å². The van der Waals surface area contributed by atoms with Crippen LogP contribution in [0.5, 0.6) is 11.5 Å².